The first kappa shape index (κ1) is 16.7. The van der Waals surface area contributed by atoms with Crippen LogP contribution in [0, 0.1) is 12.8 Å². The molecule has 5 heteroatoms. The Labute approximate surface area is 140 Å². The average Bonchev–Trinajstić information content (AvgIpc) is 3.02. The number of piperazine rings is 1. The molecule has 2 aliphatic rings. The number of aromatic nitrogens is 1. The van der Waals surface area contributed by atoms with Crippen LogP contribution in [0.1, 0.15) is 12.0 Å². The zero-order valence-electron chi connectivity index (χ0n) is 14.6. The fourth-order valence-corrected chi connectivity index (χ4v) is 3.84. The molecule has 2 fully saturated rings. The number of aryl methyl sites for hydroxylation is 1. The van der Waals surface area contributed by atoms with Crippen LogP contribution >= 0.6 is 0 Å². The predicted molar refractivity (Wildman–Crippen MR) is 94.1 cm³/mol. The number of rotatable bonds is 6. The molecule has 128 valence electrons. The second-order valence-corrected chi connectivity index (χ2v) is 6.90. The fraction of sp³-hybridized carbons (Fsp3) is 0.722. The predicted octanol–water partition coefficient (Wildman–Crippen LogP) is 1.48. The molecule has 1 atom stereocenters. The van der Waals surface area contributed by atoms with Crippen molar-refractivity contribution in [1.29, 1.82) is 0 Å². The first-order valence-corrected chi connectivity index (χ1v) is 8.85. The van der Waals surface area contributed by atoms with Crippen LogP contribution in [0.2, 0.25) is 0 Å². The number of likely N-dealkylation sites (tertiary alicyclic amines) is 1. The second kappa shape index (κ2) is 8.08. The van der Waals surface area contributed by atoms with E-state index < -0.39 is 0 Å². The van der Waals surface area contributed by atoms with Gasteiger partial charge in [-0.25, -0.2) is 0 Å². The molecule has 0 N–H and O–H groups in total. The van der Waals surface area contributed by atoms with Crippen LogP contribution in [0.5, 0.6) is 0 Å². The number of anilines is 1. The molecule has 3 rings (SSSR count). The lowest BCUT2D eigenvalue weighted by Crippen LogP contribution is -2.48. The molecule has 2 saturated heterocycles. The Balaban J connectivity index is 1.42. The maximum absolute atomic E-state index is 5.19. The number of hydrogen-bond donors (Lipinski definition) is 0. The monoisotopic (exact) mass is 318 g/mol. The van der Waals surface area contributed by atoms with Gasteiger partial charge < -0.3 is 14.5 Å². The molecule has 1 aromatic rings. The Morgan fingerprint density at radius 3 is 2.74 bits per heavy atom. The molecule has 5 nitrogen and oxygen atoms in total. The molecule has 0 amide bonds. The molecule has 23 heavy (non-hydrogen) atoms. The summed E-state index contributed by atoms with van der Waals surface area (Å²) in [5, 5.41) is 0. The molecule has 3 heterocycles. The molecule has 0 bridgehead atoms. The van der Waals surface area contributed by atoms with E-state index in [-0.39, 0.29) is 0 Å². The Hall–Kier alpha value is -1.17. The number of methoxy groups -OCH3 is 1. The molecule has 0 spiro atoms. The third-order valence-electron chi connectivity index (χ3n) is 5.20. The van der Waals surface area contributed by atoms with Crippen LogP contribution in [0.3, 0.4) is 0 Å². The third-order valence-corrected chi connectivity index (χ3v) is 5.20. The summed E-state index contributed by atoms with van der Waals surface area (Å²) in [7, 11) is 1.79. The lowest BCUT2D eigenvalue weighted by molar-refractivity contribution is 0.155. The van der Waals surface area contributed by atoms with Crippen molar-refractivity contribution < 1.29 is 4.74 Å². The molecule has 0 saturated carbocycles. The molecule has 1 aromatic heterocycles. The first-order valence-electron chi connectivity index (χ1n) is 8.85. The van der Waals surface area contributed by atoms with Crippen LogP contribution in [0.4, 0.5) is 5.69 Å². The van der Waals surface area contributed by atoms with E-state index in [1.54, 1.807) is 7.11 Å². The highest BCUT2D eigenvalue weighted by molar-refractivity contribution is 5.51. The number of nitrogens with zero attached hydrogens (tertiary/aromatic N) is 4. The van der Waals surface area contributed by atoms with Crippen LogP contribution in [0.15, 0.2) is 18.5 Å². The van der Waals surface area contributed by atoms with E-state index in [2.05, 4.69) is 32.7 Å². The number of pyridine rings is 1. The van der Waals surface area contributed by atoms with Gasteiger partial charge in [-0.1, -0.05) is 0 Å². The van der Waals surface area contributed by atoms with Gasteiger partial charge in [0, 0.05) is 71.0 Å². The van der Waals surface area contributed by atoms with Crippen LogP contribution in [-0.2, 0) is 4.74 Å². The highest BCUT2D eigenvalue weighted by Crippen LogP contribution is 2.22. The van der Waals surface area contributed by atoms with Crippen LogP contribution < -0.4 is 4.90 Å². The minimum Gasteiger partial charge on any atom is -0.383 e. The fourth-order valence-electron chi connectivity index (χ4n) is 3.84. The summed E-state index contributed by atoms with van der Waals surface area (Å²) in [5.41, 5.74) is 2.64. The molecular formula is C18H30N4O. The van der Waals surface area contributed by atoms with E-state index in [4.69, 9.17) is 4.74 Å². The van der Waals surface area contributed by atoms with Gasteiger partial charge in [-0.2, -0.15) is 0 Å². The SMILES string of the molecule is COCCN1CC[C@@H](CN2CCN(c3ccncc3C)CC2)C1. The minimum absolute atomic E-state index is 0.834. The van der Waals surface area contributed by atoms with Gasteiger partial charge >= 0.3 is 0 Å². The summed E-state index contributed by atoms with van der Waals surface area (Å²) < 4.78 is 5.19. The lowest BCUT2D eigenvalue weighted by Gasteiger charge is -2.37. The highest BCUT2D eigenvalue weighted by Gasteiger charge is 2.26. The summed E-state index contributed by atoms with van der Waals surface area (Å²) in [6.07, 6.45) is 5.21. The van der Waals surface area contributed by atoms with Gasteiger partial charge in [0.05, 0.1) is 6.61 Å². The van der Waals surface area contributed by atoms with Gasteiger partial charge in [0.15, 0.2) is 0 Å². The normalized spacial score (nSPS) is 23.6. The van der Waals surface area contributed by atoms with Crippen molar-refractivity contribution in [2.45, 2.75) is 13.3 Å². The van der Waals surface area contributed by atoms with Gasteiger partial charge in [0.1, 0.15) is 0 Å². The third kappa shape index (κ3) is 4.43. The maximum Gasteiger partial charge on any atom is 0.0589 e. The van der Waals surface area contributed by atoms with Gasteiger partial charge in [0.2, 0.25) is 0 Å². The average molecular weight is 318 g/mol. The summed E-state index contributed by atoms with van der Waals surface area (Å²) in [5.74, 6) is 0.834. The zero-order valence-corrected chi connectivity index (χ0v) is 14.6. The standard InChI is InChI=1S/C18H30N4O/c1-16-13-19-5-3-18(16)22-9-7-21(8-10-22)15-17-4-6-20(14-17)11-12-23-2/h3,5,13,17H,4,6-12,14-15H2,1-2H3/t17-/m1/s1. The molecular weight excluding hydrogens is 288 g/mol. The van der Waals surface area contributed by atoms with Crippen LogP contribution in [0.25, 0.3) is 0 Å². The number of hydrogen-bond acceptors (Lipinski definition) is 5. The van der Waals surface area contributed by atoms with Crippen molar-refractivity contribution in [1.82, 2.24) is 14.8 Å². The maximum atomic E-state index is 5.19. The summed E-state index contributed by atoms with van der Waals surface area (Å²) in [6, 6.07) is 2.15. The van der Waals surface area contributed by atoms with Crippen molar-refractivity contribution >= 4 is 5.69 Å². The van der Waals surface area contributed by atoms with Crippen molar-refractivity contribution in [2.75, 3.05) is 71.0 Å². The Kier molecular flexibility index (Phi) is 5.86. The minimum atomic E-state index is 0.834. The van der Waals surface area contributed by atoms with E-state index in [0.717, 1.165) is 32.2 Å². The van der Waals surface area contributed by atoms with Gasteiger partial charge in [-0.15, -0.1) is 0 Å². The van der Waals surface area contributed by atoms with E-state index in [0.29, 0.717) is 0 Å². The van der Waals surface area contributed by atoms with E-state index >= 15 is 0 Å². The van der Waals surface area contributed by atoms with Crippen molar-refractivity contribution in [3.05, 3.63) is 24.0 Å². The Morgan fingerprint density at radius 1 is 1.17 bits per heavy atom. The van der Waals surface area contributed by atoms with E-state index in [1.165, 1.54) is 50.4 Å². The van der Waals surface area contributed by atoms with Gasteiger partial charge in [-0.3, -0.25) is 9.88 Å². The van der Waals surface area contributed by atoms with Gasteiger partial charge in [-0.05, 0) is 37.4 Å². The second-order valence-electron chi connectivity index (χ2n) is 6.90. The Morgan fingerprint density at radius 2 is 2.00 bits per heavy atom. The number of ether oxygens (including phenoxy) is 1. The van der Waals surface area contributed by atoms with Gasteiger partial charge in [0.25, 0.3) is 0 Å². The molecule has 0 radical (unpaired) electrons. The molecule has 0 aliphatic carbocycles. The van der Waals surface area contributed by atoms with Crippen molar-refractivity contribution in [2.24, 2.45) is 5.92 Å². The smallest absolute Gasteiger partial charge is 0.0589 e. The summed E-state index contributed by atoms with van der Waals surface area (Å²) >= 11 is 0. The topological polar surface area (TPSA) is 31.8 Å². The van der Waals surface area contributed by atoms with E-state index in [1.807, 2.05) is 12.4 Å². The highest BCUT2D eigenvalue weighted by atomic mass is 16.5. The summed E-state index contributed by atoms with van der Waals surface area (Å²) in [4.78, 5) is 11.9. The quantitative estimate of drug-likeness (QED) is 0.793. The molecule has 0 aromatic carbocycles. The molecule has 2 aliphatic heterocycles. The zero-order chi connectivity index (χ0) is 16.1. The lowest BCUT2D eigenvalue weighted by atomic mass is 10.1. The van der Waals surface area contributed by atoms with E-state index in [9.17, 15) is 0 Å². The first-order chi connectivity index (χ1) is 11.3. The summed E-state index contributed by atoms with van der Waals surface area (Å²) in [6.45, 7) is 12.5. The van der Waals surface area contributed by atoms with Crippen molar-refractivity contribution in [3.63, 3.8) is 0 Å². The largest absolute Gasteiger partial charge is 0.383 e. The van der Waals surface area contributed by atoms with Crippen LogP contribution in [-0.4, -0.2) is 80.9 Å². The Bertz CT molecular complexity index is 488. The van der Waals surface area contributed by atoms with Crippen molar-refractivity contribution in [3.8, 4) is 0 Å². The molecule has 0 unspecified atom stereocenters.